The Morgan fingerprint density at radius 3 is 2.81 bits per heavy atom. The molecule has 1 fully saturated rings. The number of phenolic OH excluding ortho intramolecular Hbond substituents is 1. The SMILES string of the molecule is NCC1CCCCC1C(=O)Nc1cc([N+](=O)[O-])ccc1O. The van der Waals surface area contributed by atoms with Crippen LogP contribution in [0.3, 0.4) is 0 Å². The molecule has 1 aromatic rings. The minimum Gasteiger partial charge on any atom is -0.506 e. The number of carbonyl (C=O) groups excluding carboxylic acids is 1. The molecular formula is C14H19N3O4. The Morgan fingerprint density at radius 2 is 2.14 bits per heavy atom. The van der Waals surface area contributed by atoms with Crippen LogP contribution in [0.15, 0.2) is 18.2 Å². The summed E-state index contributed by atoms with van der Waals surface area (Å²) in [4.78, 5) is 22.5. The fourth-order valence-corrected chi connectivity index (χ4v) is 2.80. The minimum atomic E-state index is -0.571. The molecular weight excluding hydrogens is 274 g/mol. The van der Waals surface area contributed by atoms with E-state index in [1.54, 1.807) is 0 Å². The monoisotopic (exact) mass is 293 g/mol. The lowest BCUT2D eigenvalue weighted by atomic mass is 9.78. The normalized spacial score (nSPS) is 21.8. The molecule has 0 spiro atoms. The number of nitro benzene ring substituents is 1. The molecule has 0 heterocycles. The Morgan fingerprint density at radius 1 is 1.43 bits per heavy atom. The van der Waals surface area contributed by atoms with Gasteiger partial charge in [-0.1, -0.05) is 12.8 Å². The summed E-state index contributed by atoms with van der Waals surface area (Å²) in [7, 11) is 0. The van der Waals surface area contributed by atoms with Gasteiger partial charge in [-0.05, 0) is 31.4 Å². The maximum atomic E-state index is 12.3. The van der Waals surface area contributed by atoms with Crippen LogP contribution in [0.5, 0.6) is 5.75 Å². The number of amides is 1. The van der Waals surface area contributed by atoms with Crippen molar-refractivity contribution in [3.05, 3.63) is 28.3 Å². The maximum absolute atomic E-state index is 12.3. The summed E-state index contributed by atoms with van der Waals surface area (Å²) in [5.74, 6) is -0.503. The number of nitro groups is 1. The number of non-ortho nitro benzene ring substituents is 1. The number of anilines is 1. The topological polar surface area (TPSA) is 118 Å². The molecule has 1 saturated carbocycles. The number of hydrogen-bond acceptors (Lipinski definition) is 5. The Bertz CT molecular complexity index is 547. The standard InChI is InChI=1S/C14H19N3O4/c15-8-9-3-1-2-4-11(9)14(19)16-12-7-10(17(20)21)5-6-13(12)18/h5-7,9,11,18H,1-4,8,15H2,(H,16,19). The highest BCUT2D eigenvalue weighted by Gasteiger charge is 2.30. The number of phenols is 1. The highest BCUT2D eigenvalue weighted by Crippen LogP contribution is 2.32. The average molecular weight is 293 g/mol. The number of aromatic hydroxyl groups is 1. The fraction of sp³-hybridized carbons (Fsp3) is 0.500. The first-order valence-electron chi connectivity index (χ1n) is 7.01. The summed E-state index contributed by atoms with van der Waals surface area (Å²) in [5, 5.41) is 23.1. The van der Waals surface area contributed by atoms with Gasteiger partial charge in [-0.25, -0.2) is 0 Å². The van der Waals surface area contributed by atoms with E-state index < -0.39 is 4.92 Å². The van der Waals surface area contributed by atoms with Crippen molar-refractivity contribution in [1.82, 2.24) is 0 Å². The summed E-state index contributed by atoms with van der Waals surface area (Å²) in [6, 6.07) is 3.55. The molecule has 0 bridgehead atoms. The number of hydrogen-bond donors (Lipinski definition) is 3. The van der Waals surface area contributed by atoms with Crippen LogP contribution in [-0.4, -0.2) is 22.5 Å². The van der Waals surface area contributed by atoms with Crippen molar-refractivity contribution in [1.29, 1.82) is 0 Å². The molecule has 2 unspecified atom stereocenters. The predicted octanol–water partition coefficient (Wildman–Crippen LogP) is 2.00. The Labute approximate surface area is 122 Å². The maximum Gasteiger partial charge on any atom is 0.271 e. The summed E-state index contributed by atoms with van der Waals surface area (Å²) in [6.45, 7) is 0.443. The zero-order chi connectivity index (χ0) is 15.4. The van der Waals surface area contributed by atoms with Crippen LogP contribution in [0.4, 0.5) is 11.4 Å². The second kappa shape index (κ2) is 6.53. The zero-order valence-electron chi connectivity index (χ0n) is 11.6. The van der Waals surface area contributed by atoms with E-state index in [2.05, 4.69) is 5.32 Å². The Kier molecular flexibility index (Phi) is 4.74. The van der Waals surface area contributed by atoms with Gasteiger partial charge in [0.15, 0.2) is 0 Å². The van der Waals surface area contributed by atoms with Gasteiger partial charge in [0.1, 0.15) is 5.75 Å². The van der Waals surface area contributed by atoms with Crippen molar-refractivity contribution in [2.24, 2.45) is 17.6 Å². The van der Waals surface area contributed by atoms with Crippen LogP contribution in [0.2, 0.25) is 0 Å². The lowest BCUT2D eigenvalue weighted by Crippen LogP contribution is -2.35. The molecule has 7 heteroatoms. The van der Waals surface area contributed by atoms with E-state index in [0.29, 0.717) is 6.54 Å². The lowest BCUT2D eigenvalue weighted by Gasteiger charge is -2.29. The average Bonchev–Trinajstić information content (AvgIpc) is 2.49. The summed E-state index contributed by atoms with van der Waals surface area (Å²) < 4.78 is 0. The van der Waals surface area contributed by atoms with Gasteiger partial charge in [0.25, 0.3) is 5.69 Å². The summed E-state index contributed by atoms with van der Waals surface area (Å²) in [5.41, 5.74) is 5.59. The first-order valence-corrected chi connectivity index (χ1v) is 7.01. The molecule has 1 amide bonds. The van der Waals surface area contributed by atoms with Gasteiger partial charge in [-0.3, -0.25) is 14.9 Å². The van der Waals surface area contributed by atoms with E-state index in [0.717, 1.165) is 31.7 Å². The molecule has 0 radical (unpaired) electrons. The van der Waals surface area contributed by atoms with Gasteiger partial charge in [-0.2, -0.15) is 0 Å². The smallest absolute Gasteiger partial charge is 0.271 e. The van der Waals surface area contributed by atoms with Crippen molar-refractivity contribution in [3.8, 4) is 5.75 Å². The number of carbonyl (C=O) groups is 1. The van der Waals surface area contributed by atoms with Gasteiger partial charge in [-0.15, -0.1) is 0 Å². The molecule has 0 aliphatic heterocycles. The molecule has 1 aliphatic rings. The van der Waals surface area contributed by atoms with Crippen LogP contribution < -0.4 is 11.1 Å². The van der Waals surface area contributed by atoms with E-state index in [1.807, 2.05) is 0 Å². The minimum absolute atomic E-state index is 0.0653. The third kappa shape index (κ3) is 3.49. The third-order valence-electron chi connectivity index (χ3n) is 4.00. The van der Waals surface area contributed by atoms with Crippen LogP contribution in [0, 0.1) is 22.0 Å². The largest absolute Gasteiger partial charge is 0.506 e. The number of nitrogens with one attached hydrogen (secondary N) is 1. The van der Waals surface area contributed by atoms with Gasteiger partial charge in [0.05, 0.1) is 10.6 Å². The number of nitrogens with zero attached hydrogens (tertiary/aromatic N) is 1. The number of nitrogens with two attached hydrogens (primary N) is 1. The molecule has 0 aromatic heterocycles. The second-order valence-corrected chi connectivity index (χ2v) is 5.33. The van der Waals surface area contributed by atoms with E-state index in [-0.39, 0.29) is 34.9 Å². The van der Waals surface area contributed by atoms with E-state index in [1.165, 1.54) is 12.1 Å². The van der Waals surface area contributed by atoms with Gasteiger partial charge in [0.2, 0.25) is 5.91 Å². The third-order valence-corrected chi connectivity index (χ3v) is 4.00. The molecule has 114 valence electrons. The molecule has 1 aromatic carbocycles. The van der Waals surface area contributed by atoms with E-state index in [9.17, 15) is 20.0 Å². The van der Waals surface area contributed by atoms with Crippen LogP contribution >= 0.6 is 0 Å². The quantitative estimate of drug-likeness (QED) is 0.445. The second-order valence-electron chi connectivity index (χ2n) is 5.33. The summed E-state index contributed by atoms with van der Waals surface area (Å²) >= 11 is 0. The molecule has 21 heavy (non-hydrogen) atoms. The van der Waals surface area contributed by atoms with Crippen molar-refractivity contribution < 1.29 is 14.8 Å². The van der Waals surface area contributed by atoms with Crippen LogP contribution in [0.1, 0.15) is 25.7 Å². The van der Waals surface area contributed by atoms with Crippen molar-refractivity contribution >= 4 is 17.3 Å². The molecule has 2 rings (SSSR count). The van der Waals surface area contributed by atoms with Gasteiger partial charge < -0.3 is 16.2 Å². The molecule has 7 nitrogen and oxygen atoms in total. The fourth-order valence-electron chi connectivity index (χ4n) is 2.80. The highest BCUT2D eigenvalue weighted by atomic mass is 16.6. The van der Waals surface area contributed by atoms with Crippen LogP contribution in [0.25, 0.3) is 0 Å². The number of benzene rings is 1. The molecule has 4 N–H and O–H groups in total. The van der Waals surface area contributed by atoms with Crippen molar-refractivity contribution in [2.75, 3.05) is 11.9 Å². The first-order chi connectivity index (χ1) is 10.0. The predicted molar refractivity (Wildman–Crippen MR) is 77.9 cm³/mol. The van der Waals surface area contributed by atoms with Crippen molar-refractivity contribution in [2.45, 2.75) is 25.7 Å². The summed E-state index contributed by atoms with van der Waals surface area (Å²) in [6.07, 6.45) is 3.70. The van der Waals surface area contributed by atoms with Gasteiger partial charge in [0, 0.05) is 18.1 Å². The number of rotatable bonds is 4. The van der Waals surface area contributed by atoms with Gasteiger partial charge >= 0.3 is 0 Å². The van der Waals surface area contributed by atoms with Crippen molar-refractivity contribution in [3.63, 3.8) is 0 Å². The highest BCUT2D eigenvalue weighted by molar-refractivity contribution is 5.94. The molecule has 2 atom stereocenters. The zero-order valence-corrected chi connectivity index (χ0v) is 11.6. The Hall–Kier alpha value is -2.15. The Balaban J connectivity index is 2.15. The molecule has 1 aliphatic carbocycles. The first kappa shape index (κ1) is 15.2. The van der Waals surface area contributed by atoms with Crippen LogP contribution in [-0.2, 0) is 4.79 Å². The lowest BCUT2D eigenvalue weighted by molar-refractivity contribution is -0.384. The van der Waals surface area contributed by atoms with E-state index >= 15 is 0 Å². The molecule has 0 saturated heterocycles. The van der Waals surface area contributed by atoms with E-state index in [4.69, 9.17) is 5.73 Å².